The van der Waals surface area contributed by atoms with Crippen LogP contribution in [0.2, 0.25) is 0 Å². The molecular weight excluding hydrogens is 192 g/mol. The van der Waals surface area contributed by atoms with Gasteiger partial charge in [-0.3, -0.25) is 0 Å². The first kappa shape index (κ1) is 10.0. The standard InChI is InChI=1S/C13H17Cl/c1-10-5-7-12(8-6-10)13(14)9-11-3-2-4-11/h5-8,11,13H,2-4,9H2,1H3. The average molecular weight is 209 g/mol. The van der Waals surface area contributed by atoms with Crippen molar-refractivity contribution in [1.82, 2.24) is 0 Å². The summed E-state index contributed by atoms with van der Waals surface area (Å²) in [5.74, 6) is 0.888. The molecule has 0 nitrogen and oxygen atoms in total. The highest BCUT2D eigenvalue weighted by Crippen LogP contribution is 2.37. The summed E-state index contributed by atoms with van der Waals surface area (Å²) in [7, 11) is 0. The largest absolute Gasteiger partial charge is 0.118 e. The summed E-state index contributed by atoms with van der Waals surface area (Å²) < 4.78 is 0. The summed E-state index contributed by atoms with van der Waals surface area (Å²) in [6, 6.07) is 8.61. The van der Waals surface area contributed by atoms with Gasteiger partial charge in [0.25, 0.3) is 0 Å². The summed E-state index contributed by atoms with van der Waals surface area (Å²) in [6.07, 6.45) is 5.33. The monoisotopic (exact) mass is 208 g/mol. The van der Waals surface area contributed by atoms with Gasteiger partial charge in [0.2, 0.25) is 0 Å². The van der Waals surface area contributed by atoms with Gasteiger partial charge in [-0.2, -0.15) is 0 Å². The Morgan fingerprint density at radius 3 is 2.43 bits per heavy atom. The van der Waals surface area contributed by atoms with E-state index in [9.17, 15) is 0 Å². The van der Waals surface area contributed by atoms with Crippen molar-refractivity contribution in [3.63, 3.8) is 0 Å². The zero-order valence-corrected chi connectivity index (χ0v) is 9.43. The lowest BCUT2D eigenvalue weighted by atomic mass is 9.81. The van der Waals surface area contributed by atoms with Crippen molar-refractivity contribution in [2.45, 2.75) is 38.0 Å². The number of hydrogen-bond acceptors (Lipinski definition) is 0. The Hall–Kier alpha value is -0.490. The van der Waals surface area contributed by atoms with E-state index in [1.54, 1.807) is 0 Å². The van der Waals surface area contributed by atoms with Crippen LogP contribution in [0.4, 0.5) is 0 Å². The Bertz CT molecular complexity index is 285. The molecule has 0 radical (unpaired) electrons. The van der Waals surface area contributed by atoms with E-state index in [2.05, 4.69) is 31.2 Å². The summed E-state index contributed by atoms with van der Waals surface area (Å²) in [5.41, 5.74) is 2.59. The normalized spacial score (nSPS) is 19.0. The van der Waals surface area contributed by atoms with Crippen LogP contribution < -0.4 is 0 Å². The Labute approximate surface area is 91.3 Å². The van der Waals surface area contributed by atoms with Gasteiger partial charge >= 0.3 is 0 Å². The Kier molecular flexibility index (Phi) is 3.12. The topological polar surface area (TPSA) is 0 Å². The van der Waals surface area contributed by atoms with Crippen molar-refractivity contribution in [2.75, 3.05) is 0 Å². The molecule has 0 heterocycles. The van der Waals surface area contributed by atoms with Gasteiger partial charge in [0.15, 0.2) is 0 Å². The van der Waals surface area contributed by atoms with E-state index in [0.29, 0.717) is 0 Å². The molecule has 1 atom stereocenters. The third kappa shape index (κ3) is 2.30. The molecule has 0 saturated heterocycles. The second kappa shape index (κ2) is 4.35. The van der Waals surface area contributed by atoms with Gasteiger partial charge < -0.3 is 0 Å². The van der Waals surface area contributed by atoms with Crippen molar-refractivity contribution in [3.8, 4) is 0 Å². The zero-order valence-electron chi connectivity index (χ0n) is 8.67. The highest BCUT2D eigenvalue weighted by molar-refractivity contribution is 6.20. The van der Waals surface area contributed by atoms with Crippen molar-refractivity contribution in [3.05, 3.63) is 35.4 Å². The fourth-order valence-electron chi connectivity index (χ4n) is 1.93. The van der Waals surface area contributed by atoms with Crippen LogP contribution in [0.25, 0.3) is 0 Å². The maximum atomic E-state index is 6.37. The van der Waals surface area contributed by atoms with Gasteiger partial charge in [0.1, 0.15) is 0 Å². The van der Waals surface area contributed by atoms with Crippen LogP contribution in [-0.4, -0.2) is 0 Å². The molecule has 2 rings (SSSR count). The zero-order chi connectivity index (χ0) is 9.97. The van der Waals surface area contributed by atoms with Crippen LogP contribution in [0.5, 0.6) is 0 Å². The summed E-state index contributed by atoms with van der Waals surface area (Å²) in [5, 5.41) is 0.223. The molecule has 1 saturated carbocycles. The van der Waals surface area contributed by atoms with Crippen LogP contribution in [0.15, 0.2) is 24.3 Å². The van der Waals surface area contributed by atoms with Crippen LogP contribution in [0.1, 0.15) is 42.2 Å². The first-order valence-corrected chi connectivity index (χ1v) is 5.90. The van der Waals surface area contributed by atoms with Gasteiger partial charge in [0.05, 0.1) is 5.38 Å². The number of halogens is 1. The molecule has 1 aliphatic carbocycles. The molecule has 1 aliphatic rings. The minimum absolute atomic E-state index is 0.223. The van der Waals surface area contributed by atoms with Crippen LogP contribution >= 0.6 is 11.6 Å². The van der Waals surface area contributed by atoms with Crippen LogP contribution in [0, 0.1) is 12.8 Å². The SMILES string of the molecule is Cc1ccc(C(Cl)CC2CCC2)cc1. The Morgan fingerprint density at radius 1 is 1.29 bits per heavy atom. The number of benzene rings is 1. The number of rotatable bonds is 3. The van der Waals surface area contributed by atoms with Crippen LogP contribution in [0.3, 0.4) is 0 Å². The van der Waals surface area contributed by atoms with Gasteiger partial charge in [-0.05, 0) is 24.8 Å². The molecule has 76 valence electrons. The highest BCUT2D eigenvalue weighted by atomic mass is 35.5. The molecule has 0 amide bonds. The molecule has 1 unspecified atom stereocenters. The molecule has 0 N–H and O–H groups in total. The lowest BCUT2D eigenvalue weighted by Crippen LogP contribution is -2.12. The first-order valence-electron chi connectivity index (χ1n) is 5.46. The molecule has 0 aliphatic heterocycles. The number of aryl methyl sites for hydroxylation is 1. The maximum absolute atomic E-state index is 6.37. The van der Waals surface area contributed by atoms with E-state index in [4.69, 9.17) is 11.6 Å². The molecule has 0 aromatic heterocycles. The smallest absolute Gasteiger partial charge is 0.0587 e. The van der Waals surface area contributed by atoms with Gasteiger partial charge in [-0.1, -0.05) is 49.1 Å². The highest BCUT2D eigenvalue weighted by Gasteiger charge is 2.21. The van der Waals surface area contributed by atoms with Crippen molar-refractivity contribution in [2.24, 2.45) is 5.92 Å². The van der Waals surface area contributed by atoms with Crippen molar-refractivity contribution < 1.29 is 0 Å². The Balaban J connectivity index is 1.95. The molecule has 1 fully saturated rings. The predicted octanol–water partition coefficient (Wildman–Crippen LogP) is 4.47. The number of alkyl halides is 1. The summed E-state index contributed by atoms with van der Waals surface area (Å²) in [4.78, 5) is 0. The number of hydrogen-bond donors (Lipinski definition) is 0. The van der Waals surface area contributed by atoms with Crippen molar-refractivity contribution >= 4 is 11.6 Å². The quantitative estimate of drug-likeness (QED) is 0.644. The molecule has 0 bridgehead atoms. The molecule has 1 aromatic carbocycles. The minimum atomic E-state index is 0.223. The molecule has 1 aromatic rings. The third-order valence-corrected chi connectivity index (χ3v) is 3.63. The lowest BCUT2D eigenvalue weighted by molar-refractivity contribution is 0.293. The van der Waals surface area contributed by atoms with Gasteiger partial charge in [-0.25, -0.2) is 0 Å². The molecule has 0 spiro atoms. The molecule has 14 heavy (non-hydrogen) atoms. The summed E-state index contributed by atoms with van der Waals surface area (Å²) >= 11 is 6.37. The van der Waals surface area contributed by atoms with Gasteiger partial charge in [-0.15, -0.1) is 11.6 Å². The van der Waals surface area contributed by atoms with E-state index in [1.165, 1.54) is 30.4 Å². The van der Waals surface area contributed by atoms with E-state index >= 15 is 0 Å². The molecular formula is C13H17Cl. The average Bonchev–Trinajstić information content (AvgIpc) is 2.12. The van der Waals surface area contributed by atoms with E-state index in [1.807, 2.05) is 0 Å². The fourth-order valence-corrected chi connectivity index (χ4v) is 2.33. The van der Waals surface area contributed by atoms with E-state index in [-0.39, 0.29) is 5.38 Å². The maximum Gasteiger partial charge on any atom is 0.0587 e. The van der Waals surface area contributed by atoms with Crippen LogP contribution in [-0.2, 0) is 0 Å². The van der Waals surface area contributed by atoms with E-state index in [0.717, 1.165) is 12.3 Å². The van der Waals surface area contributed by atoms with Gasteiger partial charge in [0, 0.05) is 0 Å². The third-order valence-electron chi connectivity index (χ3n) is 3.20. The predicted molar refractivity (Wildman–Crippen MR) is 61.7 cm³/mol. The summed E-state index contributed by atoms with van der Waals surface area (Å²) in [6.45, 7) is 2.11. The molecule has 1 heteroatoms. The second-order valence-corrected chi connectivity index (χ2v) is 4.94. The Morgan fingerprint density at radius 2 is 1.93 bits per heavy atom. The second-order valence-electron chi connectivity index (χ2n) is 4.41. The van der Waals surface area contributed by atoms with Crippen molar-refractivity contribution in [1.29, 1.82) is 0 Å². The van der Waals surface area contributed by atoms with E-state index < -0.39 is 0 Å². The minimum Gasteiger partial charge on any atom is -0.118 e. The lowest BCUT2D eigenvalue weighted by Gasteiger charge is -2.27. The fraction of sp³-hybridized carbons (Fsp3) is 0.538. The first-order chi connectivity index (χ1) is 6.75.